The van der Waals surface area contributed by atoms with Crippen molar-refractivity contribution in [3.63, 3.8) is 0 Å². The number of aliphatic hydroxyl groups excluding tert-OH is 1. The van der Waals surface area contributed by atoms with E-state index in [9.17, 15) is 24.6 Å². The first kappa shape index (κ1) is 24.4. The van der Waals surface area contributed by atoms with Crippen molar-refractivity contribution < 1.29 is 29.3 Å². The number of hydrogen-bond acceptors (Lipinski definition) is 5. The van der Waals surface area contributed by atoms with E-state index in [4.69, 9.17) is 4.74 Å². The van der Waals surface area contributed by atoms with Crippen molar-refractivity contribution in [3.05, 3.63) is 35.9 Å². The fourth-order valence-electron chi connectivity index (χ4n) is 2.62. The molecule has 0 saturated heterocycles. The monoisotopic (exact) mass is 408 g/mol. The number of hydrogen-bond donors (Lipinski definition) is 3. The molecule has 0 heterocycles. The van der Waals surface area contributed by atoms with Gasteiger partial charge in [-0.2, -0.15) is 0 Å². The first-order valence-corrected chi connectivity index (χ1v) is 9.62. The van der Waals surface area contributed by atoms with E-state index in [1.54, 1.807) is 45.0 Å². The molecule has 1 aromatic rings. The highest BCUT2D eigenvalue weighted by Gasteiger charge is 2.29. The van der Waals surface area contributed by atoms with Crippen molar-refractivity contribution in [1.82, 2.24) is 10.2 Å². The summed E-state index contributed by atoms with van der Waals surface area (Å²) in [5.41, 5.74) is -0.00259. The number of ether oxygens (including phenoxy) is 1. The average Bonchev–Trinajstić information content (AvgIpc) is 2.59. The van der Waals surface area contributed by atoms with Crippen LogP contribution in [0.1, 0.15) is 40.2 Å². The zero-order valence-electron chi connectivity index (χ0n) is 17.7. The number of carboxylic acids is 1. The second kappa shape index (κ2) is 10.8. The van der Waals surface area contributed by atoms with Crippen molar-refractivity contribution in [3.8, 4) is 0 Å². The Labute approximate surface area is 171 Å². The van der Waals surface area contributed by atoms with Crippen LogP contribution in [0.15, 0.2) is 30.3 Å². The molecule has 0 aromatic heterocycles. The zero-order valence-corrected chi connectivity index (χ0v) is 17.7. The number of carbonyl (C=O) groups is 3. The summed E-state index contributed by atoms with van der Waals surface area (Å²) in [6, 6.07) is 7.15. The van der Waals surface area contributed by atoms with Crippen LogP contribution in [-0.4, -0.2) is 63.9 Å². The van der Waals surface area contributed by atoms with Gasteiger partial charge in [-0.25, -0.2) is 14.4 Å². The van der Waals surface area contributed by atoms with Crippen LogP contribution >= 0.6 is 0 Å². The number of urea groups is 1. The minimum Gasteiger partial charge on any atom is -0.480 e. The number of rotatable bonds is 9. The summed E-state index contributed by atoms with van der Waals surface area (Å²) < 4.78 is 5.14. The quantitative estimate of drug-likeness (QED) is 0.539. The van der Waals surface area contributed by atoms with E-state index in [1.807, 2.05) is 19.9 Å². The molecule has 0 bridgehead atoms. The highest BCUT2D eigenvalue weighted by atomic mass is 16.6. The van der Waals surface area contributed by atoms with Gasteiger partial charge in [0.05, 0.1) is 6.54 Å². The first-order valence-electron chi connectivity index (χ1n) is 9.62. The van der Waals surface area contributed by atoms with Gasteiger partial charge in [0.2, 0.25) is 0 Å². The molecular formula is C21H32N2O6. The van der Waals surface area contributed by atoms with Gasteiger partial charge < -0.3 is 25.2 Å². The number of amides is 2. The Morgan fingerprint density at radius 3 is 2.17 bits per heavy atom. The fourth-order valence-corrected chi connectivity index (χ4v) is 2.62. The van der Waals surface area contributed by atoms with Crippen LogP contribution in [0.4, 0.5) is 4.79 Å². The van der Waals surface area contributed by atoms with E-state index in [1.165, 1.54) is 4.90 Å². The second-order valence-electron chi connectivity index (χ2n) is 8.38. The molecule has 8 nitrogen and oxygen atoms in total. The second-order valence-corrected chi connectivity index (χ2v) is 8.38. The van der Waals surface area contributed by atoms with Crippen LogP contribution in [0.3, 0.4) is 0 Å². The van der Waals surface area contributed by atoms with E-state index in [2.05, 4.69) is 5.32 Å². The number of esters is 1. The van der Waals surface area contributed by atoms with E-state index in [0.29, 0.717) is 0 Å². The van der Waals surface area contributed by atoms with Gasteiger partial charge in [0.25, 0.3) is 0 Å². The summed E-state index contributed by atoms with van der Waals surface area (Å²) in [6.45, 7) is 8.73. The van der Waals surface area contributed by atoms with E-state index in [-0.39, 0.29) is 25.4 Å². The summed E-state index contributed by atoms with van der Waals surface area (Å²) in [5.74, 6) is -1.96. The van der Waals surface area contributed by atoms with Crippen molar-refractivity contribution in [2.45, 2.75) is 58.8 Å². The zero-order chi connectivity index (χ0) is 22.2. The van der Waals surface area contributed by atoms with Crippen molar-refractivity contribution in [2.24, 2.45) is 5.92 Å². The topological polar surface area (TPSA) is 116 Å². The first-order chi connectivity index (χ1) is 13.4. The predicted octanol–water partition coefficient (Wildman–Crippen LogP) is 2.05. The molecule has 1 aromatic carbocycles. The normalized spacial score (nSPS) is 13.5. The standard InChI is InChI=1S/C21H32N2O6/c1-14(2)12-23(13-17(24)19(27)29-21(3,4)5)20(28)22-16(18(25)26)11-15-9-7-6-8-10-15/h6-10,14,16-17,24H,11-13H2,1-5H3,(H,22,28)(H,25,26)/t16-,17?/m0/s1. The maximum absolute atomic E-state index is 12.7. The molecule has 0 spiro atoms. The molecular weight excluding hydrogens is 376 g/mol. The summed E-state index contributed by atoms with van der Waals surface area (Å²) in [7, 11) is 0. The lowest BCUT2D eigenvalue weighted by molar-refractivity contribution is -0.165. The largest absolute Gasteiger partial charge is 0.480 e. The molecule has 8 heteroatoms. The maximum atomic E-state index is 12.7. The number of carbonyl (C=O) groups excluding carboxylic acids is 2. The molecule has 162 valence electrons. The van der Waals surface area contributed by atoms with Crippen LogP contribution in [0, 0.1) is 5.92 Å². The lowest BCUT2D eigenvalue weighted by atomic mass is 10.1. The number of aliphatic carboxylic acids is 1. The summed E-state index contributed by atoms with van der Waals surface area (Å²) in [6.07, 6.45) is -1.41. The van der Waals surface area contributed by atoms with E-state index < -0.39 is 35.7 Å². The summed E-state index contributed by atoms with van der Waals surface area (Å²) in [5, 5.41) is 22.2. The third-order valence-corrected chi connectivity index (χ3v) is 3.82. The molecule has 1 unspecified atom stereocenters. The van der Waals surface area contributed by atoms with Gasteiger partial charge in [-0.1, -0.05) is 44.2 Å². The number of aliphatic hydroxyl groups is 1. The summed E-state index contributed by atoms with van der Waals surface area (Å²) >= 11 is 0. The van der Waals surface area contributed by atoms with Crippen LogP contribution in [0.2, 0.25) is 0 Å². The van der Waals surface area contributed by atoms with E-state index in [0.717, 1.165) is 5.56 Å². The van der Waals surface area contributed by atoms with Gasteiger partial charge in [0, 0.05) is 13.0 Å². The van der Waals surface area contributed by atoms with Crippen LogP contribution in [-0.2, 0) is 20.7 Å². The van der Waals surface area contributed by atoms with Crippen LogP contribution in [0.25, 0.3) is 0 Å². The SMILES string of the molecule is CC(C)CN(CC(O)C(=O)OC(C)(C)C)C(=O)N[C@@H](Cc1ccccc1)C(=O)O. The average molecular weight is 408 g/mol. The van der Waals surface area contributed by atoms with Gasteiger partial charge in [-0.05, 0) is 32.3 Å². The van der Waals surface area contributed by atoms with Crippen molar-refractivity contribution in [2.75, 3.05) is 13.1 Å². The third-order valence-electron chi connectivity index (χ3n) is 3.82. The Hall–Kier alpha value is -2.61. The third kappa shape index (κ3) is 9.43. The number of nitrogens with one attached hydrogen (secondary N) is 1. The van der Waals surface area contributed by atoms with Gasteiger partial charge in [0.15, 0.2) is 6.10 Å². The lowest BCUT2D eigenvalue weighted by Gasteiger charge is -2.29. The molecule has 0 aliphatic heterocycles. The Balaban J connectivity index is 2.85. The van der Waals surface area contributed by atoms with Crippen molar-refractivity contribution >= 4 is 18.0 Å². The highest BCUT2D eigenvalue weighted by molar-refractivity contribution is 5.83. The minimum absolute atomic E-state index is 0.0454. The smallest absolute Gasteiger partial charge is 0.337 e. The Bertz CT molecular complexity index is 684. The molecule has 0 aliphatic carbocycles. The van der Waals surface area contributed by atoms with Gasteiger partial charge >= 0.3 is 18.0 Å². The van der Waals surface area contributed by atoms with E-state index >= 15 is 0 Å². The highest BCUT2D eigenvalue weighted by Crippen LogP contribution is 2.11. The maximum Gasteiger partial charge on any atom is 0.337 e. The Kier molecular flexibility index (Phi) is 9.10. The molecule has 3 N–H and O–H groups in total. The molecule has 2 atom stereocenters. The molecule has 0 radical (unpaired) electrons. The Morgan fingerprint density at radius 1 is 1.10 bits per heavy atom. The molecule has 0 saturated carbocycles. The molecule has 0 fully saturated rings. The fraction of sp³-hybridized carbons (Fsp3) is 0.571. The molecule has 2 amide bonds. The van der Waals surface area contributed by atoms with Gasteiger partial charge in [-0.3, -0.25) is 0 Å². The minimum atomic E-state index is -1.53. The van der Waals surface area contributed by atoms with Crippen LogP contribution < -0.4 is 5.32 Å². The Morgan fingerprint density at radius 2 is 1.69 bits per heavy atom. The van der Waals surface area contributed by atoms with Crippen molar-refractivity contribution in [1.29, 1.82) is 0 Å². The van der Waals surface area contributed by atoms with Gasteiger partial charge in [-0.15, -0.1) is 0 Å². The number of carboxylic acid groups (broad SMARTS) is 1. The number of benzene rings is 1. The van der Waals surface area contributed by atoms with Crippen LogP contribution in [0.5, 0.6) is 0 Å². The lowest BCUT2D eigenvalue weighted by Crippen LogP contribution is -2.52. The molecule has 0 aliphatic rings. The summed E-state index contributed by atoms with van der Waals surface area (Å²) in [4.78, 5) is 37.6. The molecule has 1 rings (SSSR count). The number of nitrogens with zero attached hydrogens (tertiary/aromatic N) is 1. The predicted molar refractivity (Wildman–Crippen MR) is 108 cm³/mol. The van der Waals surface area contributed by atoms with Gasteiger partial charge in [0.1, 0.15) is 11.6 Å². The molecule has 29 heavy (non-hydrogen) atoms.